The molecule has 0 bridgehead atoms. The van der Waals surface area contributed by atoms with Crippen LogP contribution in [0.1, 0.15) is 5.56 Å². The van der Waals surface area contributed by atoms with E-state index in [0.29, 0.717) is 5.52 Å². The van der Waals surface area contributed by atoms with Gasteiger partial charge in [-0.3, -0.25) is 0 Å². The maximum Gasteiger partial charge on any atom is 0.345 e. The standard InChI is InChI=1S/C9H8N2O2/c1-5-2-3-7(12)8-6(5)4-10-9(13)11-8/h2-4,12H,1H3,(H,10,11,13). The number of rotatable bonds is 0. The Kier molecular flexibility index (Phi) is 1.55. The molecule has 0 atom stereocenters. The second-order valence-electron chi connectivity index (χ2n) is 2.88. The lowest BCUT2D eigenvalue weighted by atomic mass is 10.1. The highest BCUT2D eigenvalue weighted by molar-refractivity contribution is 5.86. The van der Waals surface area contributed by atoms with Crippen molar-refractivity contribution in [3.63, 3.8) is 0 Å². The summed E-state index contributed by atoms with van der Waals surface area (Å²) < 4.78 is 0. The summed E-state index contributed by atoms with van der Waals surface area (Å²) in [5.41, 5.74) is 0.963. The number of nitrogens with one attached hydrogen (secondary N) is 1. The first kappa shape index (κ1) is 7.79. The Bertz CT molecular complexity index is 516. The summed E-state index contributed by atoms with van der Waals surface area (Å²) in [5.74, 6) is 0.0695. The molecule has 1 aromatic heterocycles. The van der Waals surface area contributed by atoms with Gasteiger partial charge in [-0.1, -0.05) is 6.07 Å². The summed E-state index contributed by atoms with van der Waals surface area (Å²) in [5, 5.41) is 10.2. The van der Waals surface area contributed by atoms with Crippen LogP contribution in [-0.4, -0.2) is 15.1 Å². The van der Waals surface area contributed by atoms with E-state index < -0.39 is 5.69 Å². The topological polar surface area (TPSA) is 66.0 Å². The van der Waals surface area contributed by atoms with E-state index in [9.17, 15) is 9.90 Å². The lowest BCUT2D eigenvalue weighted by Crippen LogP contribution is -2.08. The highest BCUT2D eigenvalue weighted by Crippen LogP contribution is 2.22. The Morgan fingerprint density at radius 1 is 1.46 bits per heavy atom. The van der Waals surface area contributed by atoms with Crippen molar-refractivity contribution in [1.29, 1.82) is 0 Å². The van der Waals surface area contributed by atoms with E-state index in [1.807, 2.05) is 6.92 Å². The summed E-state index contributed by atoms with van der Waals surface area (Å²) in [7, 11) is 0. The summed E-state index contributed by atoms with van der Waals surface area (Å²) in [6, 6.07) is 3.32. The lowest BCUT2D eigenvalue weighted by molar-refractivity contribution is 0.480. The van der Waals surface area contributed by atoms with Crippen molar-refractivity contribution in [2.75, 3.05) is 0 Å². The summed E-state index contributed by atoms with van der Waals surface area (Å²) in [4.78, 5) is 16.9. The molecule has 0 spiro atoms. The molecule has 0 aliphatic heterocycles. The zero-order valence-electron chi connectivity index (χ0n) is 7.03. The highest BCUT2D eigenvalue weighted by Gasteiger charge is 2.02. The molecule has 0 fully saturated rings. The Labute approximate surface area is 73.9 Å². The number of phenolic OH excluding ortho intramolecular Hbond substituents is 1. The Hall–Kier alpha value is -1.84. The van der Waals surface area contributed by atoms with Crippen molar-refractivity contribution in [1.82, 2.24) is 9.97 Å². The number of fused-ring (bicyclic) bond motifs is 1. The van der Waals surface area contributed by atoms with E-state index in [0.717, 1.165) is 10.9 Å². The van der Waals surface area contributed by atoms with Crippen LogP contribution in [-0.2, 0) is 0 Å². The Morgan fingerprint density at radius 2 is 2.23 bits per heavy atom. The number of aryl methyl sites for hydroxylation is 1. The molecule has 1 heterocycles. The third-order valence-electron chi connectivity index (χ3n) is 1.98. The minimum atomic E-state index is -0.451. The average Bonchev–Trinajstić information content (AvgIpc) is 2.12. The normalized spacial score (nSPS) is 10.5. The van der Waals surface area contributed by atoms with Gasteiger partial charge in [0.1, 0.15) is 5.75 Å². The van der Waals surface area contributed by atoms with Crippen molar-refractivity contribution in [3.05, 3.63) is 34.4 Å². The van der Waals surface area contributed by atoms with Crippen LogP contribution in [0.25, 0.3) is 10.9 Å². The molecule has 0 radical (unpaired) electrons. The number of nitrogens with zero attached hydrogens (tertiary/aromatic N) is 1. The molecule has 4 heteroatoms. The SMILES string of the molecule is Cc1ccc(O)c2[nH]c(=O)ncc12. The van der Waals surface area contributed by atoms with Crippen LogP contribution >= 0.6 is 0 Å². The van der Waals surface area contributed by atoms with Gasteiger partial charge in [0.15, 0.2) is 0 Å². The molecule has 13 heavy (non-hydrogen) atoms. The fourth-order valence-corrected chi connectivity index (χ4v) is 1.27. The number of aromatic amines is 1. The van der Waals surface area contributed by atoms with Gasteiger partial charge in [0, 0.05) is 11.6 Å². The zero-order chi connectivity index (χ0) is 9.42. The quantitative estimate of drug-likeness (QED) is 0.627. The first-order valence-corrected chi connectivity index (χ1v) is 3.86. The summed E-state index contributed by atoms with van der Waals surface area (Å²) in [6.45, 7) is 1.89. The fourth-order valence-electron chi connectivity index (χ4n) is 1.27. The van der Waals surface area contributed by atoms with Gasteiger partial charge in [-0.05, 0) is 18.6 Å². The first-order chi connectivity index (χ1) is 6.18. The maximum atomic E-state index is 10.9. The number of aromatic nitrogens is 2. The fraction of sp³-hybridized carbons (Fsp3) is 0.111. The second kappa shape index (κ2) is 2.58. The van der Waals surface area contributed by atoms with Gasteiger partial charge < -0.3 is 10.1 Å². The van der Waals surface area contributed by atoms with E-state index in [-0.39, 0.29) is 5.75 Å². The van der Waals surface area contributed by atoms with E-state index >= 15 is 0 Å². The maximum absolute atomic E-state index is 10.9. The van der Waals surface area contributed by atoms with Crippen molar-refractivity contribution in [2.45, 2.75) is 6.92 Å². The average molecular weight is 176 g/mol. The lowest BCUT2D eigenvalue weighted by Gasteiger charge is -2.01. The van der Waals surface area contributed by atoms with Gasteiger partial charge in [0.05, 0.1) is 5.52 Å². The second-order valence-corrected chi connectivity index (χ2v) is 2.88. The van der Waals surface area contributed by atoms with Gasteiger partial charge in [0.2, 0.25) is 0 Å². The predicted octanol–water partition coefficient (Wildman–Crippen LogP) is 0.937. The summed E-state index contributed by atoms with van der Waals surface area (Å²) >= 11 is 0. The van der Waals surface area contributed by atoms with Gasteiger partial charge in [-0.2, -0.15) is 0 Å². The molecule has 0 aliphatic rings. The zero-order valence-corrected chi connectivity index (χ0v) is 7.03. The van der Waals surface area contributed by atoms with Crippen LogP contribution in [0.3, 0.4) is 0 Å². The van der Waals surface area contributed by atoms with E-state index in [4.69, 9.17) is 0 Å². The molecule has 0 aliphatic carbocycles. The number of benzene rings is 1. The van der Waals surface area contributed by atoms with E-state index in [2.05, 4.69) is 9.97 Å². The van der Waals surface area contributed by atoms with Gasteiger partial charge in [0.25, 0.3) is 0 Å². The van der Waals surface area contributed by atoms with Gasteiger partial charge in [-0.25, -0.2) is 9.78 Å². The number of phenols is 1. The molecule has 0 saturated carbocycles. The highest BCUT2D eigenvalue weighted by atomic mass is 16.3. The van der Waals surface area contributed by atoms with Crippen LogP contribution < -0.4 is 5.69 Å². The van der Waals surface area contributed by atoms with E-state index in [1.165, 1.54) is 6.20 Å². The summed E-state index contributed by atoms with van der Waals surface area (Å²) in [6.07, 6.45) is 1.46. The van der Waals surface area contributed by atoms with Crippen LogP contribution in [0, 0.1) is 6.92 Å². The minimum absolute atomic E-state index is 0.0695. The molecule has 2 aromatic rings. The third-order valence-corrected chi connectivity index (χ3v) is 1.98. The molecular weight excluding hydrogens is 168 g/mol. The molecule has 1 aromatic carbocycles. The van der Waals surface area contributed by atoms with E-state index in [1.54, 1.807) is 12.1 Å². The van der Waals surface area contributed by atoms with Crippen molar-refractivity contribution in [3.8, 4) is 5.75 Å². The Balaban J connectivity index is 3.00. The van der Waals surface area contributed by atoms with Crippen LogP contribution in [0.4, 0.5) is 0 Å². The van der Waals surface area contributed by atoms with Crippen LogP contribution in [0.2, 0.25) is 0 Å². The molecule has 0 saturated heterocycles. The number of hydrogen-bond acceptors (Lipinski definition) is 3. The third kappa shape index (κ3) is 1.16. The Morgan fingerprint density at radius 3 is 3.00 bits per heavy atom. The van der Waals surface area contributed by atoms with Crippen LogP contribution in [0.15, 0.2) is 23.1 Å². The molecule has 4 nitrogen and oxygen atoms in total. The largest absolute Gasteiger partial charge is 0.506 e. The smallest absolute Gasteiger partial charge is 0.345 e. The van der Waals surface area contributed by atoms with Gasteiger partial charge >= 0.3 is 5.69 Å². The molecule has 66 valence electrons. The predicted molar refractivity (Wildman–Crippen MR) is 48.8 cm³/mol. The van der Waals surface area contributed by atoms with Crippen molar-refractivity contribution in [2.24, 2.45) is 0 Å². The molecule has 2 N–H and O–H groups in total. The van der Waals surface area contributed by atoms with Crippen LogP contribution in [0.5, 0.6) is 5.75 Å². The molecule has 2 rings (SSSR count). The van der Waals surface area contributed by atoms with Crippen molar-refractivity contribution >= 4 is 10.9 Å². The van der Waals surface area contributed by atoms with Gasteiger partial charge in [-0.15, -0.1) is 0 Å². The monoisotopic (exact) mass is 176 g/mol. The number of hydrogen-bond donors (Lipinski definition) is 2. The molecule has 0 unspecified atom stereocenters. The molecule has 0 amide bonds. The first-order valence-electron chi connectivity index (χ1n) is 3.86. The number of aromatic hydroxyl groups is 1. The van der Waals surface area contributed by atoms with Crippen molar-refractivity contribution < 1.29 is 5.11 Å². The minimum Gasteiger partial charge on any atom is -0.506 e. The number of H-pyrrole nitrogens is 1. The molecular formula is C9H8N2O2.